The van der Waals surface area contributed by atoms with Crippen molar-refractivity contribution in [2.45, 2.75) is 19.0 Å². The van der Waals surface area contributed by atoms with Gasteiger partial charge in [-0.15, -0.1) is 10.2 Å². The summed E-state index contributed by atoms with van der Waals surface area (Å²) in [6.45, 7) is 4.04. The lowest BCUT2D eigenvalue weighted by Gasteiger charge is -2.05. The first-order valence-corrected chi connectivity index (χ1v) is 6.60. The number of carboxylic acids is 1. The molecular formula is C12H14N4O2S. The van der Waals surface area contributed by atoms with Gasteiger partial charge in [-0.3, -0.25) is 4.79 Å². The van der Waals surface area contributed by atoms with Crippen molar-refractivity contribution in [3.8, 4) is 11.4 Å². The fourth-order valence-electron chi connectivity index (χ4n) is 1.58. The molecule has 0 unspecified atom stereocenters. The van der Waals surface area contributed by atoms with Crippen LogP contribution in [0.5, 0.6) is 0 Å². The lowest BCUT2D eigenvalue weighted by Crippen LogP contribution is -2.12. The third-order valence-corrected chi connectivity index (χ3v) is 3.68. The molecule has 0 aliphatic carbocycles. The zero-order chi connectivity index (χ0) is 14.0. The molecule has 19 heavy (non-hydrogen) atoms. The number of aliphatic carboxylic acids is 1. The van der Waals surface area contributed by atoms with Crippen LogP contribution in [0.15, 0.2) is 23.4 Å². The second-order valence-corrected chi connectivity index (χ2v) is 5.10. The van der Waals surface area contributed by atoms with Crippen LogP contribution in [0.1, 0.15) is 11.1 Å². The molecule has 6 nitrogen and oxygen atoms in total. The molecule has 0 radical (unpaired) electrons. The molecule has 7 heteroatoms. The van der Waals surface area contributed by atoms with E-state index in [4.69, 9.17) is 10.9 Å². The summed E-state index contributed by atoms with van der Waals surface area (Å²) in [6, 6.07) is 5.89. The van der Waals surface area contributed by atoms with Gasteiger partial charge in [0, 0.05) is 5.56 Å². The van der Waals surface area contributed by atoms with Crippen molar-refractivity contribution < 1.29 is 9.90 Å². The third-order valence-electron chi connectivity index (χ3n) is 2.75. The molecule has 2 aromatic rings. The van der Waals surface area contributed by atoms with E-state index in [1.807, 2.05) is 32.0 Å². The number of benzene rings is 1. The van der Waals surface area contributed by atoms with E-state index < -0.39 is 5.97 Å². The molecule has 0 aliphatic rings. The van der Waals surface area contributed by atoms with Gasteiger partial charge in [0.15, 0.2) is 5.82 Å². The second-order valence-electron chi connectivity index (χ2n) is 4.16. The van der Waals surface area contributed by atoms with Gasteiger partial charge in [-0.2, -0.15) is 0 Å². The Labute approximate surface area is 114 Å². The Hall–Kier alpha value is -2.02. The van der Waals surface area contributed by atoms with Crippen molar-refractivity contribution in [2.24, 2.45) is 0 Å². The van der Waals surface area contributed by atoms with Crippen LogP contribution in [-0.2, 0) is 4.79 Å². The molecule has 1 heterocycles. The number of aryl methyl sites for hydroxylation is 2. The van der Waals surface area contributed by atoms with Crippen molar-refractivity contribution in [1.82, 2.24) is 14.9 Å². The summed E-state index contributed by atoms with van der Waals surface area (Å²) >= 11 is 1.04. The van der Waals surface area contributed by atoms with Gasteiger partial charge in [-0.05, 0) is 31.0 Å². The van der Waals surface area contributed by atoms with Gasteiger partial charge in [0.25, 0.3) is 0 Å². The third kappa shape index (κ3) is 2.87. The quantitative estimate of drug-likeness (QED) is 0.649. The van der Waals surface area contributed by atoms with Gasteiger partial charge in [-0.25, -0.2) is 4.68 Å². The van der Waals surface area contributed by atoms with E-state index in [0.717, 1.165) is 22.9 Å². The highest BCUT2D eigenvalue weighted by Gasteiger charge is 2.13. The molecule has 0 aliphatic heterocycles. The van der Waals surface area contributed by atoms with Crippen LogP contribution in [0.3, 0.4) is 0 Å². The minimum absolute atomic E-state index is 0.0950. The number of nitrogens with two attached hydrogens (primary N) is 1. The topological polar surface area (TPSA) is 94.0 Å². The normalized spacial score (nSPS) is 10.6. The van der Waals surface area contributed by atoms with E-state index in [0.29, 0.717) is 11.0 Å². The summed E-state index contributed by atoms with van der Waals surface area (Å²) in [5.41, 5.74) is 3.19. The van der Waals surface area contributed by atoms with Crippen molar-refractivity contribution >= 4 is 17.7 Å². The van der Waals surface area contributed by atoms with Crippen LogP contribution < -0.4 is 5.84 Å². The van der Waals surface area contributed by atoms with E-state index in [9.17, 15) is 4.79 Å². The number of hydrogen-bond donors (Lipinski definition) is 2. The average molecular weight is 278 g/mol. The van der Waals surface area contributed by atoms with Crippen molar-refractivity contribution in [1.29, 1.82) is 0 Å². The van der Waals surface area contributed by atoms with Crippen LogP contribution in [0.2, 0.25) is 0 Å². The number of nitrogen functional groups attached to an aromatic ring is 1. The number of carboxylic acid groups (broad SMARTS) is 1. The molecule has 2 rings (SSSR count). The largest absolute Gasteiger partial charge is 0.481 e. The van der Waals surface area contributed by atoms with E-state index >= 15 is 0 Å². The van der Waals surface area contributed by atoms with Gasteiger partial charge in [0.05, 0.1) is 5.75 Å². The van der Waals surface area contributed by atoms with Gasteiger partial charge < -0.3 is 10.9 Å². The molecule has 1 aromatic heterocycles. The number of hydrogen-bond acceptors (Lipinski definition) is 5. The Morgan fingerprint density at radius 3 is 2.74 bits per heavy atom. The fourth-order valence-corrected chi connectivity index (χ4v) is 2.16. The first-order valence-electron chi connectivity index (χ1n) is 5.61. The van der Waals surface area contributed by atoms with Gasteiger partial charge in [-0.1, -0.05) is 23.9 Å². The fraction of sp³-hybridized carbons (Fsp3) is 0.250. The number of carbonyl (C=O) groups is 1. The second kappa shape index (κ2) is 5.31. The SMILES string of the molecule is Cc1ccc(-c2nnc(SCC(=O)O)n2N)cc1C. The Bertz CT molecular complexity index is 624. The monoisotopic (exact) mass is 278 g/mol. The van der Waals surface area contributed by atoms with Gasteiger partial charge in [0.1, 0.15) is 0 Å². The van der Waals surface area contributed by atoms with E-state index in [1.54, 1.807) is 0 Å². The smallest absolute Gasteiger partial charge is 0.313 e. The number of aromatic nitrogens is 3. The van der Waals surface area contributed by atoms with Crippen LogP contribution in [0.25, 0.3) is 11.4 Å². The molecular weight excluding hydrogens is 264 g/mol. The minimum Gasteiger partial charge on any atom is -0.481 e. The molecule has 0 saturated carbocycles. The van der Waals surface area contributed by atoms with Crippen molar-refractivity contribution in [3.63, 3.8) is 0 Å². The molecule has 0 saturated heterocycles. The van der Waals surface area contributed by atoms with Crippen molar-refractivity contribution in [3.05, 3.63) is 29.3 Å². The van der Waals surface area contributed by atoms with Crippen LogP contribution in [0, 0.1) is 13.8 Å². The van der Waals surface area contributed by atoms with Crippen LogP contribution in [0.4, 0.5) is 0 Å². The first-order chi connectivity index (χ1) is 8.99. The highest BCUT2D eigenvalue weighted by molar-refractivity contribution is 7.99. The molecule has 0 atom stereocenters. The minimum atomic E-state index is -0.916. The molecule has 0 fully saturated rings. The van der Waals surface area contributed by atoms with E-state index in [1.165, 1.54) is 10.2 Å². The molecule has 1 aromatic carbocycles. The summed E-state index contributed by atoms with van der Waals surface area (Å²) < 4.78 is 1.32. The molecule has 0 amide bonds. The molecule has 0 bridgehead atoms. The maximum absolute atomic E-state index is 10.5. The first kappa shape index (κ1) is 13.4. The highest BCUT2D eigenvalue weighted by Crippen LogP contribution is 2.23. The van der Waals surface area contributed by atoms with Gasteiger partial charge in [0.2, 0.25) is 5.16 Å². The van der Waals surface area contributed by atoms with E-state index in [2.05, 4.69) is 10.2 Å². The summed E-state index contributed by atoms with van der Waals surface area (Å²) in [7, 11) is 0. The Morgan fingerprint density at radius 2 is 2.11 bits per heavy atom. The predicted molar refractivity (Wildman–Crippen MR) is 73.4 cm³/mol. The summed E-state index contributed by atoms with van der Waals surface area (Å²) in [5.74, 6) is 5.40. The number of thioether (sulfide) groups is 1. The van der Waals surface area contributed by atoms with E-state index in [-0.39, 0.29) is 5.75 Å². The number of nitrogens with zero attached hydrogens (tertiary/aromatic N) is 3. The molecule has 0 spiro atoms. The zero-order valence-electron chi connectivity index (χ0n) is 10.6. The Kier molecular flexibility index (Phi) is 3.75. The predicted octanol–water partition coefficient (Wildman–Crippen LogP) is 1.45. The zero-order valence-corrected chi connectivity index (χ0v) is 11.4. The standard InChI is InChI=1S/C12H14N4O2S/c1-7-3-4-9(5-8(7)2)11-14-15-12(16(11)13)19-6-10(17)18/h3-5H,6,13H2,1-2H3,(H,17,18). The average Bonchev–Trinajstić information content (AvgIpc) is 2.72. The van der Waals surface area contributed by atoms with Crippen LogP contribution in [-0.4, -0.2) is 31.7 Å². The Balaban J connectivity index is 2.30. The molecule has 3 N–H and O–H groups in total. The summed E-state index contributed by atoms with van der Waals surface area (Å²) in [5, 5.41) is 16.9. The highest BCUT2D eigenvalue weighted by atomic mass is 32.2. The lowest BCUT2D eigenvalue weighted by atomic mass is 10.1. The summed E-state index contributed by atoms with van der Waals surface area (Å²) in [4.78, 5) is 10.5. The Morgan fingerprint density at radius 1 is 1.37 bits per heavy atom. The maximum atomic E-state index is 10.5. The summed E-state index contributed by atoms with van der Waals surface area (Å²) in [6.07, 6.45) is 0. The van der Waals surface area contributed by atoms with Crippen molar-refractivity contribution in [2.75, 3.05) is 11.6 Å². The van der Waals surface area contributed by atoms with Gasteiger partial charge >= 0.3 is 5.97 Å². The van der Waals surface area contributed by atoms with Crippen LogP contribution >= 0.6 is 11.8 Å². The number of rotatable bonds is 4. The maximum Gasteiger partial charge on any atom is 0.313 e. The lowest BCUT2D eigenvalue weighted by molar-refractivity contribution is -0.133. The molecule has 100 valence electrons.